The maximum absolute atomic E-state index is 5.72. The van der Waals surface area contributed by atoms with Crippen LogP contribution < -0.4 is 5.32 Å². The van der Waals surface area contributed by atoms with Gasteiger partial charge in [0.25, 0.3) is 0 Å². The van der Waals surface area contributed by atoms with Gasteiger partial charge >= 0.3 is 0 Å². The topological polar surface area (TPSA) is 24.5 Å². The number of ether oxygens (including phenoxy) is 1. The molecule has 2 fully saturated rings. The van der Waals surface area contributed by atoms with Crippen LogP contribution in [0.5, 0.6) is 0 Å². The Morgan fingerprint density at radius 2 is 2.00 bits per heavy atom. The normalized spacial score (nSPS) is 44.1. The van der Waals surface area contributed by atoms with E-state index in [0.717, 1.165) is 19.1 Å². The highest BCUT2D eigenvalue weighted by Gasteiger charge is 2.39. The molecule has 0 radical (unpaired) electrons. The minimum absolute atomic E-state index is 0.417. The van der Waals surface area contributed by atoms with E-state index in [1.54, 1.807) is 0 Å². The average Bonchev–Trinajstić information content (AvgIpc) is 2.72. The summed E-state index contributed by atoms with van der Waals surface area (Å²) in [5, 5.41) is 3.63. The third-order valence-electron chi connectivity index (χ3n) is 4.85. The van der Waals surface area contributed by atoms with Crippen LogP contribution >= 0.6 is 0 Å². The van der Waals surface area contributed by atoms with E-state index in [1.165, 1.54) is 19.4 Å². The van der Waals surface area contributed by atoms with Crippen molar-refractivity contribution < 1.29 is 4.74 Å². The van der Waals surface area contributed by atoms with E-state index in [9.17, 15) is 0 Å². The van der Waals surface area contributed by atoms with Crippen molar-refractivity contribution in [2.24, 2.45) is 5.92 Å². The molecular weight excluding hydrogens is 212 g/mol. The molecule has 0 aromatic rings. The lowest BCUT2D eigenvalue weighted by Crippen LogP contribution is -2.57. The molecule has 0 aromatic carbocycles. The first-order valence-corrected chi connectivity index (χ1v) is 7.25. The number of piperidine rings is 1. The maximum atomic E-state index is 5.72. The highest BCUT2D eigenvalue weighted by atomic mass is 16.5. The summed E-state index contributed by atoms with van der Waals surface area (Å²) in [6.07, 6.45) is 2.91. The fourth-order valence-corrected chi connectivity index (χ4v) is 3.57. The first-order chi connectivity index (χ1) is 8.15. The van der Waals surface area contributed by atoms with E-state index in [0.29, 0.717) is 24.2 Å². The molecule has 3 nitrogen and oxygen atoms in total. The average molecular weight is 240 g/mol. The molecule has 2 aliphatic rings. The zero-order valence-corrected chi connectivity index (χ0v) is 11.8. The molecule has 2 aliphatic heterocycles. The monoisotopic (exact) mass is 240 g/mol. The first-order valence-electron chi connectivity index (χ1n) is 7.25. The van der Waals surface area contributed by atoms with E-state index < -0.39 is 0 Å². The van der Waals surface area contributed by atoms with Crippen LogP contribution in [0.15, 0.2) is 0 Å². The lowest BCUT2D eigenvalue weighted by molar-refractivity contribution is 0.0123. The Kier molecular flexibility index (Phi) is 4.45. The third-order valence-corrected chi connectivity index (χ3v) is 4.85. The zero-order valence-electron chi connectivity index (χ0n) is 11.8. The Hall–Kier alpha value is -0.120. The van der Waals surface area contributed by atoms with Gasteiger partial charge in [0.1, 0.15) is 0 Å². The highest BCUT2D eigenvalue weighted by molar-refractivity contribution is 4.94. The molecule has 0 aliphatic carbocycles. The Morgan fingerprint density at radius 3 is 2.59 bits per heavy atom. The van der Waals surface area contributed by atoms with Crippen molar-refractivity contribution in [2.75, 3.05) is 19.7 Å². The Balaban J connectivity index is 1.97. The molecule has 2 heterocycles. The van der Waals surface area contributed by atoms with Crippen LogP contribution in [-0.4, -0.2) is 48.8 Å². The molecule has 0 amide bonds. The summed E-state index contributed by atoms with van der Waals surface area (Å²) >= 11 is 0. The molecule has 5 atom stereocenters. The van der Waals surface area contributed by atoms with Crippen LogP contribution in [0.2, 0.25) is 0 Å². The van der Waals surface area contributed by atoms with E-state index in [1.807, 2.05) is 0 Å². The second-order valence-corrected chi connectivity index (χ2v) is 5.72. The summed E-state index contributed by atoms with van der Waals surface area (Å²) in [5.41, 5.74) is 0. The summed E-state index contributed by atoms with van der Waals surface area (Å²) < 4.78 is 5.72. The molecule has 1 N–H and O–H groups in total. The lowest BCUT2D eigenvalue weighted by Gasteiger charge is -2.46. The van der Waals surface area contributed by atoms with Gasteiger partial charge in [-0.3, -0.25) is 4.90 Å². The van der Waals surface area contributed by atoms with Crippen molar-refractivity contribution in [1.82, 2.24) is 10.2 Å². The van der Waals surface area contributed by atoms with E-state index in [4.69, 9.17) is 4.74 Å². The minimum Gasteiger partial charge on any atom is -0.377 e. The van der Waals surface area contributed by atoms with Crippen molar-refractivity contribution in [3.8, 4) is 0 Å². The number of hydrogen-bond acceptors (Lipinski definition) is 3. The number of likely N-dealkylation sites (tertiary alicyclic amines) is 1. The quantitative estimate of drug-likeness (QED) is 0.815. The Bertz CT molecular complexity index is 246. The van der Waals surface area contributed by atoms with Crippen LogP contribution in [0.3, 0.4) is 0 Å². The summed E-state index contributed by atoms with van der Waals surface area (Å²) in [6, 6.07) is 2.01. The molecular formula is C14H28N2O. The highest BCUT2D eigenvalue weighted by Crippen LogP contribution is 2.30. The van der Waals surface area contributed by atoms with Gasteiger partial charge in [-0.25, -0.2) is 0 Å². The summed E-state index contributed by atoms with van der Waals surface area (Å²) in [4.78, 5) is 2.69. The van der Waals surface area contributed by atoms with Crippen molar-refractivity contribution >= 4 is 0 Å². The second-order valence-electron chi connectivity index (χ2n) is 5.72. The van der Waals surface area contributed by atoms with Gasteiger partial charge in [-0.15, -0.1) is 0 Å². The van der Waals surface area contributed by atoms with E-state index in [-0.39, 0.29) is 0 Å². The van der Waals surface area contributed by atoms with Crippen LogP contribution in [-0.2, 0) is 4.74 Å². The molecule has 0 saturated carbocycles. The summed E-state index contributed by atoms with van der Waals surface area (Å²) in [5.74, 6) is 0.733. The molecule has 2 rings (SSSR count). The van der Waals surface area contributed by atoms with Gasteiger partial charge in [0, 0.05) is 31.3 Å². The van der Waals surface area contributed by atoms with Crippen LogP contribution in [0.25, 0.3) is 0 Å². The smallest absolute Gasteiger partial charge is 0.0703 e. The number of rotatable bonds is 3. The molecule has 0 aromatic heterocycles. The first kappa shape index (κ1) is 13.3. The molecule has 3 heteroatoms. The van der Waals surface area contributed by atoms with Gasteiger partial charge in [-0.05, 0) is 39.2 Å². The fourth-order valence-electron chi connectivity index (χ4n) is 3.57. The predicted molar refractivity (Wildman–Crippen MR) is 71.2 cm³/mol. The molecule has 0 bridgehead atoms. The molecule has 5 unspecified atom stereocenters. The van der Waals surface area contributed by atoms with Gasteiger partial charge in [0.15, 0.2) is 0 Å². The lowest BCUT2D eigenvalue weighted by atomic mass is 9.85. The summed E-state index contributed by atoms with van der Waals surface area (Å²) in [6.45, 7) is 12.5. The van der Waals surface area contributed by atoms with Crippen molar-refractivity contribution in [3.63, 3.8) is 0 Å². The number of hydrogen-bond donors (Lipinski definition) is 1. The summed E-state index contributed by atoms with van der Waals surface area (Å²) in [7, 11) is 0. The van der Waals surface area contributed by atoms with Crippen molar-refractivity contribution in [3.05, 3.63) is 0 Å². The van der Waals surface area contributed by atoms with Gasteiger partial charge in [0.05, 0.1) is 6.10 Å². The molecule has 17 heavy (non-hydrogen) atoms. The standard InChI is InChI=1S/C14H28N2O/c1-5-15-13-6-8-16(11(3)10(13)2)14-7-9-17-12(14)4/h10-15H,5-9H2,1-4H3. The van der Waals surface area contributed by atoms with E-state index >= 15 is 0 Å². The van der Waals surface area contributed by atoms with Crippen LogP contribution in [0.1, 0.15) is 40.5 Å². The zero-order chi connectivity index (χ0) is 12.4. The van der Waals surface area contributed by atoms with Gasteiger partial charge in [-0.2, -0.15) is 0 Å². The van der Waals surface area contributed by atoms with Gasteiger partial charge in [-0.1, -0.05) is 13.8 Å². The second kappa shape index (κ2) is 5.68. The molecule has 0 spiro atoms. The van der Waals surface area contributed by atoms with Crippen LogP contribution in [0, 0.1) is 5.92 Å². The third kappa shape index (κ3) is 2.67. The Morgan fingerprint density at radius 1 is 1.24 bits per heavy atom. The van der Waals surface area contributed by atoms with E-state index in [2.05, 4.69) is 37.9 Å². The fraction of sp³-hybridized carbons (Fsp3) is 1.00. The SMILES string of the molecule is CCNC1CCN(C2CCOC2C)C(C)C1C. The molecule has 2 saturated heterocycles. The number of nitrogens with zero attached hydrogens (tertiary/aromatic N) is 1. The maximum Gasteiger partial charge on any atom is 0.0703 e. The Labute approximate surface area is 106 Å². The van der Waals surface area contributed by atoms with Gasteiger partial charge in [0.2, 0.25) is 0 Å². The van der Waals surface area contributed by atoms with Crippen molar-refractivity contribution in [1.29, 1.82) is 0 Å². The largest absolute Gasteiger partial charge is 0.377 e. The van der Waals surface area contributed by atoms with Crippen LogP contribution in [0.4, 0.5) is 0 Å². The molecule has 100 valence electrons. The minimum atomic E-state index is 0.417. The van der Waals surface area contributed by atoms with Gasteiger partial charge < -0.3 is 10.1 Å². The number of nitrogens with one attached hydrogen (secondary N) is 1. The van der Waals surface area contributed by atoms with Crippen molar-refractivity contribution in [2.45, 2.75) is 64.8 Å². The predicted octanol–water partition coefficient (Wildman–Crippen LogP) is 1.87.